The largest absolute Gasteiger partial charge is 0.508 e. The fourth-order valence-electron chi connectivity index (χ4n) is 13.7. The molecule has 112 heavy (non-hydrogen) atoms. The lowest BCUT2D eigenvalue weighted by Gasteiger charge is -2.32. The molecule has 2 fully saturated rings. The minimum atomic E-state index is -2.07. The summed E-state index contributed by atoms with van der Waals surface area (Å²) < 4.78 is 0. The summed E-state index contributed by atoms with van der Waals surface area (Å²) in [5, 5.41) is 49.3. The highest BCUT2D eigenvalue weighted by Gasteiger charge is 2.43. The van der Waals surface area contributed by atoms with Gasteiger partial charge in [-0.15, -0.1) is 0 Å². The van der Waals surface area contributed by atoms with Crippen LogP contribution in [0.1, 0.15) is 107 Å². The van der Waals surface area contributed by atoms with Gasteiger partial charge in [0.05, 0.1) is 6.42 Å². The number of rotatable bonds is 20. The maximum absolute atomic E-state index is 15.5. The van der Waals surface area contributed by atoms with Crippen LogP contribution in [0.3, 0.4) is 0 Å². The highest BCUT2D eigenvalue weighted by atomic mass is 16.3. The summed E-state index contributed by atoms with van der Waals surface area (Å²) in [6, 6.07) is 16.3. The fraction of sp³-hybridized carbons (Fsp3) is 0.420. The summed E-state index contributed by atoms with van der Waals surface area (Å²) >= 11 is 0. The molecule has 18 N–H and O–H groups in total. The second kappa shape index (κ2) is 39.5. The molecule has 0 unspecified atom stereocenters. The zero-order chi connectivity index (χ0) is 80.9. The van der Waals surface area contributed by atoms with Gasteiger partial charge in [0.15, 0.2) is 6.04 Å². The Morgan fingerprint density at radius 3 is 1.32 bits per heavy atom. The number of hydrogen-bond acceptors (Lipinski definition) is 16. The lowest BCUT2D eigenvalue weighted by Crippen LogP contribution is -2.63. The zero-order valence-electron chi connectivity index (χ0n) is 63.6. The van der Waals surface area contributed by atoms with Crippen molar-refractivity contribution >= 4 is 98.6 Å². The van der Waals surface area contributed by atoms with Crippen LogP contribution < -0.4 is 64.6 Å². The Morgan fingerprint density at radius 2 is 0.857 bits per heavy atom. The minimum absolute atomic E-state index is 0.0446. The summed E-state index contributed by atoms with van der Waals surface area (Å²) in [6.45, 7) is 8.58. The molecule has 31 nitrogen and oxygen atoms in total. The van der Waals surface area contributed by atoms with E-state index in [4.69, 9.17) is 11.5 Å². The van der Waals surface area contributed by atoms with Gasteiger partial charge in [-0.3, -0.25) is 62.3 Å². The molecule has 7 aromatic rings. The van der Waals surface area contributed by atoms with E-state index in [1.54, 1.807) is 119 Å². The Morgan fingerprint density at radius 1 is 0.464 bits per heavy atom. The van der Waals surface area contributed by atoms with Gasteiger partial charge < -0.3 is 94.6 Å². The highest BCUT2D eigenvalue weighted by molar-refractivity contribution is 6.09. The van der Waals surface area contributed by atoms with E-state index in [0.29, 0.717) is 68.9 Å². The number of nitrogens with two attached hydrogens (primary N) is 2. The minimum Gasteiger partial charge on any atom is -0.508 e. The van der Waals surface area contributed by atoms with Gasteiger partial charge in [-0.05, 0) is 122 Å². The van der Waals surface area contributed by atoms with E-state index in [0.717, 1.165) is 4.90 Å². The average Bonchev–Trinajstić information content (AvgIpc) is 1.60. The normalized spacial score (nSPS) is 23.3. The quantitative estimate of drug-likeness (QED) is 0.0381. The first-order valence-electron chi connectivity index (χ1n) is 37.9. The summed E-state index contributed by atoms with van der Waals surface area (Å²) in [6.07, 6.45) is 2.92. The molecule has 0 bridgehead atoms. The Kier molecular flexibility index (Phi) is 29.6. The second-order valence-electron chi connectivity index (χ2n) is 29.1. The van der Waals surface area contributed by atoms with Gasteiger partial charge in [-0.25, -0.2) is 0 Å². The molecular formula is C81H102N16O15. The molecule has 0 saturated carbocycles. The van der Waals surface area contributed by atoms with Crippen molar-refractivity contribution in [1.82, 2.24) is 72.9 Å². The van der Waals surface area contributed by atoms with Gasteiger partial charge in [-0.1, -0.05) is 125 Å². The van der Waals surface area contributed by atoms with E-state index in [2.05, 4.69) is 63.1 Å². The molecule has 12 atom stereocenters. The maximum Gasteiger partial charge on any atom is 0.255 e. The summed E-state index contributed by atoms with van der Waals surface area (Å²) in [5.74, 6) is -14.3. The molecule has 2 aliphatic rings. The number of aromatic nitrogens is 2. The summed E-state index contributed by atoms with van der Waals surface area (Å²) in [4.78, 5) is 203. The van der Waals surface area contributed by atoms with Crippen LogP contribution >= 0.6 is 0 Å². The monoisotopic (exact) mass is 1540 g/mol. The number of aromatic amines is 2. The molecule has 0 radical (unpaired) electrons. The number of unbranched alkanes of at least 4 members (excludes halogenated alkanes) is 1. The van der Waals surface area contributed by atoms with E-state index in [9.17, 15) is 29.4 Å². The van der Waals surface area contributed by atoms with Crippen LogP contribution in [-0.2, 0) is 94.4 Å². The number of carbonyl (C=O) groups excluding carboxylic acids is 13. The first kappa shape index (κ1) is 83.9. The third-order valence-corrected chi connectivity index (χ3v) is 20.6. The molecule has 2 aromatic heterocycles. The van der Waals surface area contributed by atoms with Gasteiger partial charge >= 0.3 is 0 Å². The molecule has 0 spiro atoms. The number of para-hydroxylation sites is 2. The van der Waals surface area contributed by atoms with Crippen molar-refractivity contribution < 1.29 is 72.5 Å². The summed E-state index contributed by atoms with van der Waals surface area (Å²) in [7, 11) is 1.21. The number of H-pyrrole nitrogens is 2. The predicted molar refractivity (Wildman–Crippen MR) is 416 cm³/mol. The van der Waals surface area contributed by atoms with Crippen molar-refractivity contribution in [2.24, 2.45) is 23.3 Å². The van der Waals surface area contributed by atoms with Crippen LogP contribution in [0.15, 0.2) is 140 Å². The number of phenolic OH excluding ortho intramolecular Hbond substituents is 2. The number of carbonyl (C=O) groups is 13. The number of likely N-dealkylation sites (N-methyl/N-ethyl adjacent to an activating group) is 1. The third-order valence-electron chi connectivity index (χ3n) is 20.6. The second-order valence-corrected chi connectivity index (χ2v) is 29.1. The smallest absolute Gasteiger partial charge is 0.255 e. The van der Waals surface area contributed by atoms with E-state index >= 15 is 43.2 Å². The van der Waals surface area contributed by atoms with Crippen LogP contribution in [-0.4, -0.2) is 200 Å². The molecule has 0 aliphatic carbocycles. The molecule has 4 heterocycles. The third kappa shape index (κ3) is 22.5. The Labute approximate surface area is 648 Å². The van der Waals surface area contributed by atoms with Crippen LogP contribution in [0.25, 0.3) is 21.8 Å². The first-order chi connectivity index (χ1) is 53.6. The Hall–Kier alpha value is -12.2. The fourth-order valence-corrected chi connectivity index (χ4v) is 13.7. The SMILES string of the molecule is CC[C@H](C)[C@@H]1NC(=O)[C@H](CCCCN)NC(=O)[C@H](Cc2ccc(O)cc2)NC(=O)[C@H](Cc2ccccc2)NC(=O)[C@H](C(C)C)NC(=O)[C@H](C)N(C)C(=O)[C@@H](C(=O)N2CCCC2)NC(=O)[C@H](Cc2c[nH]c3ccccc23)NC(=O)[C@H](CC(N)=O)NC(=O)[C@H](Cc2ccc(O)cc2)NC(=O)[C@H](Cc2c[nH]c3ccccc23)NC1=O. The molecule has 31 heteroatoms. The van der Waals surface area contributed by atoms with Gasteiger partial charge in [0, 0.05) is 86.4 Å². The number of benzene rings is 5. The molecule has 9 rings (SSSR count). The molecule has 13 amide bonds. The lowest BCUT2D eigenvalue weighted by molar-refractivity contribution is -0.149. The number of aromatic hydroxyl groups is 2. The number of nitrogens with one attached hydrogen (secondary N) is 12. The number of hydrogen-bond donors (Lipinski definition) is 16. The van der Waals surface area contributed by atoms with Crippen molar-refractivity contribution in [3.05, 3.63) is 168 Å². The molecule has 596 valence electrons. The van der Waals surface area contributed by atoms with E-state index in [1.807, 2.05) is 0 Å². The van der Waals surface area contributed by atoms with Crippen molar-refractivity contribution in [1.29, 1.82) is 0 Å². The van der Waals surface area contributed by atoms with Crippen molar-refractivity contribution in [3.63, 3.8) is 0 Å². The van der Waals surface area contributed by atoms with Gasteiger partial charge in [0.1, 0.15) is 71.9 Å². The topological polar surface area (TPSA) is 473 Å². The number of fused-ring (bicyclic) bond motifs is 2. The first-order valence-corrected chi connectivity index (χ1v) is 37.9. The molecule has 2 aliphatic heterocycles. The van der Waals surface area contributed by atoms with Crippen molar-refractivity contribution in [2.45, 2.75) is 178 Å². The molecule has 2 saturated heterocycles. The number of likely N-dealkylation sites (tertiary alicyclic amines) is 1. The molecule has 5 aromatic carbocycles. The Bertz CT molecular complexity index is 4510. The zero-order valence-corrected chi connectivity index (χ0v) is 63.6. The predicted octanol–water partition coefficient (Wildman–Crippen LogP) is 1.61. The van der Waals surface area contributed by atoms with Crippen LogP contribution in [0.4, 0.5) is 0 Å². The number of primary amides is 1. The number of phenols is 2. The highest BCUT2D eigenvalue weighted by Crippen LogP contribution is 2.24. The van der Waals surface area contributed by atoms with Crippen LogP contribution in [0, 0.1) is 11.8 Å². The maximum atomic E-state index is 15.5. The van der Waals surface area contributed by atoms with Gasteiger partial charge in [0.2, 0.25) is 65.0 Å². The van der Waals surface area contributed by atoms with E-state index in [-0.39, 0.29) is 82.5 Å². The van der Waals surface area contributed by atoms with Crippen LogP contribution in [0.5, 0.6) is 11.5 Å². The standard InChI is InChI=1S/C81H102N16O15/c1-7-46(4)68-79(110)92-63(40-51-43-84-57-23-13-11-21-55(51)57)75(106)88-61(39-50-28-32-54(99)33-29-50)73(104)90-65(42-66(83)100)76(107)89-64(41-52-44-85-58-24-14-12-22-56(52)58)77(108)95-69(81(112)97-35-17-18-36-97)80(111)96(6)47(5)70(101)93-67(45(2)3)78(109)91-62(37-48-19-9-8-10-20-48)74(105)87-60(38-49-26-30-53(98)31-27-49)72(103)86-59(71(102)94-68)25-15-16-34-82/h8-14,19-24,26-33,43-47,59-65,67-69,84-85,98-99H,7,15-18,25,34-42,82H2,1-6H3,(H2,83,100)(H,86,103)(H,87,105)(H,88,106)(H,89,107)(H,90,104)(H,91,109)(H,92,110)(H,93,101)(H,94,102)(H,95,108)/t46-,47-,59-,60-,61-,62-,63-,64-,65-,67-,68-,69-/m0/s1. The average molecular weight is 1540 g/mol. The number of nitrogens with zero attached hydrogens (tertiary/aromatic N) is 2. The van der Waals surface area contributed by atoms with E-state index in [1.165, 1.54) is 67.4 Å². The number of amides is 13. The molecular weight excluding hydrogens is 1440 g/mol. The van der Waals surface area contributed by atoms with Crippen molar-refractivity contribution in [2.75, 3.05) is 26.7 Å². The van der Waals surface area contributed by atoms with Gasteiger partial charge in [0.25, 0.3) is 11.8 Å². The lowest BCUT2D eigenvalue weighted by atomic mass is 9.96. The van der Waals surface area contributed by atoms with Gasteiger partial charge in [-0.2, -0.15) is 0 Å². The van der Waals surface area contributed by atoms with E-state index < -0.39 is 162 Å². The van der Waals surface area contributed by atoms with Crippen LogP contribution in [0.2, 0.25) is 0 Å². The summed E-state index contributed by atoms with van der Waals surface area (Å²) in [5.41, 5.74) is 15.4. The Balaban J connectivity index is 1.15. The van der Waals surface area contributed by atoms with Crippen molar-refractivity contribution in [3.8, 4) is 11.5 Å².